The molecule has 0 aromatic heterocycles. The first-order valence-corrected chi connectivity index (χ1v) is 6.14. The minimum Gasteiger partial charge on any atom is -0.185 e. The van der Waals surface area contributed by atoms with Crippen LogP contribution in [0.15, 0.2) is 0 Å². The van der Waals surface area contributed by atoms with Gasteiger partial charge in [-0.3, -0.25) is 0 Å². The quantitative estimate of drug-likeness (QED) is 0.439. The largest absolute Gasteiger partial charge is 0.214 e. The van der Waals surface area contributed by atoms with Crippen LogP contribution >= 0.6 is 11.6 Å². The highest BCUT2D eigenvalue weighted by Gasteiger charge is 2.24. The standard InChI is InChI=1S/C6H7ClO4S2/c7-5-3-4(12(8)9)1-2-6(5)13(10)11/h5H,1-3H2. The van der Waals surface area contributed by atoms with E-state index in [0.29, 0.717) is 4.86 Å². The zero-order chi connectivity index (χ0) is 10.0. The monoisotopic (exact) mass is 242 g/mol. The Balaban J connectivity index is 3.06. The van der Waals surface area contributed by atoms with Crippen molar-refractivity contribution in [1.29, 1.82) is 0 Å². The Morgan fingerprint density at radius 2 is 1.69 bits per heavy atom. The van der Waals surface area contributed by atoms with Gasteiger partial charge in [-0.2, -0.15) is 16.8 Å². The van der Waals surface area contributed by atoms with E-state index in [4.69, 9.17) is 11.6 Å². The lowest BCUT2D eigenvalue weighted by molar-refractivity contribution is 0.623. The van der Waals surface area contributed by atoms with Crippen LogP contribution in [0.2, 0.25) is 0 Å². The second kappa shape index (κ2) is 4.26. The van der Waals surface area contributed by atoms with Gasteiger partial charge in [0, 0.05) is 6.42 Å². The molecule has 1 unspecified atom stereocenters. The molecule has 0 aromatic rings. The molecule has 4 nitrogen and oxygen atoms in total. The summed E-state index contributed by atoms with van der Waals surface area (Å²) in [6, 6.07) is 0. The number of rotatable bonds is 0. The number of hydrogen-bond donors (Lipinski definition) is 0. The fourth-order valence-electron chi connectivity index (χ4n) is 1.17. The topological polar surface area (TPSA) is 68.3 Å². The summed E-state index contributed by atoms with van der Waals surface area (Å²) in [6.07, 6.45) is 0.594. The summed E-state index contributed by atoms with van der Waals surface area (Å²) in [6.45, 7) is 0. The molecule has 1 fully saturated rings. The number of halogens is 1. The summed E-state index contributed by atoms with van der Waals surface area (Å²) in [4.78, 5) is 0.505. The van der Waals surface area contributed by atoms with Gasteiger partial charge >= 0.3 is 0 Å². The fraction of sp³-hybridized carbons (Fsp3) is 0.667. The molecule has 0 saturated heterocycles. The van der Waals surface area contributed by atoms with Crippen molar-refractivity contribution >= 4 is 41.9 Å². The third-order valence-electron chi connectivity index (χ3n) is 1.86. The molecule has 1 rings (SSSR count). The molecule has 1 aliphatic carbocycles. The molecule has 0 N–H and O–H groups in total. The van der Waals surface area contributed by atoms with Crippen molar-refractivity contribution in [3.8, 4) is 0 Å². The summed E-state index contributed by atoms with van der Waals surface area (Å²) in [7, 11) is -4.52. The van der Waals surface area contributed by atoms with Gasteiger partial charge in [-0.05, 0) is 12.8 Å². The van der Waals surface area contributed by atoms with Crippen molar-refractivity contribution in [2.45, 2.75) is 24.6 Å². The van der Waals surface area contributed by atoms with E-state index >= 15 is 0 Å². The van der Waals surface area contributed by atoms with E-state index in [9.17, 15) is 16.8 Å². The highest BCUT2D eigenvalue weighted by molar-refractivity contribution is 7.74. The lowest BCUT2D eigenvalue weighted by Crippen LogP contribution is -2.26. The first-order valence-electron chi connectivity index (χ1n) is 3.55. The summed E-state index contributed by atoms with van der Waals surface area (Å²) in [5.74, 6) is 0. The zero-order valence-corrected chi connectivity index (χ0v) is 8.92. The highest BCUT2D eigenvalue weighted by atomic mass is 35.5. The van der Waals surface area contributed by atoms with Gasteiger partial charge in [-0.15, -0.1) is 11.6 Å². The molecule has 1 atom stereocenters. The molecule has 0 spiro atoms. The first-order chi connectivity index (χ1) is 6.02. The van der Waals surface area contributed by atoms with E-state index in [0.717, 1.165) is 0 Å². The van der Waals surface area contributed by atoms with Gasteiger partial charge in [0.1, 0.15) is 0 Å². The number of alkyl halides is 1. The third-order valence-corrected chi connectivity index (χ3v) is 4.16. The van der Waals surface area contributed by atoms with Crippen molar-refractivity contribution in [2.75, 3.05) is 0 Å². The van der Waals surface area contributed by atoms with Crippen LogP contribution in [0.5, 0.6) is 0 Å². The van der Waals surface area contributed by atoms with Crippen LogP contribution in [-0.2, 0) is 20.6 Å². The molecule has 7 heteroatoms. The Bertz CT molecular complexity index is 455. The molecule has 0 bridgehead atoms. The van der Waals surface area contributed by atoms with Gasteiger partial charge in [0.25, 0.3) is 0 Å². The average Bonchev–Trinajstić information content (AvgIpc) is 2.03. The minimum absolute atomic E-state index is 0.112. The van der Waals surface area contributed by atoms with E-state index in [2.05, 4.69) is 0 Å². The summed E-state index contributed by atoms with van der Waals surface area (Å²) in [5, 5.41) is -0.694. The molecule has 0 radical (unpaired) electrons. The Morgan fingerprint density at radius 1 is 1.08 bits per heavy atom. The van der Waals surface area contributed by atoms with Crippen LogP contribution < -0.4 is 0 Å². The molecule has 0 amide bonds. The van der Waals surface area contributed by atoms with Crippen molar-refractivity contribution < 1.29 is 16.8 Å². The third kappa shape index (κ3) is 2.55. The molecule has 1 aliphatic rings. The minimum atomic E-state index is -2.29. The number of hydrogen-bond acceptors (Lipinski definition) is 4. The first kappa shape index (κ1) is 10.7. The Morgan fingerprint density at radius 3 is 2.08 bits per heavy atom. The maximum atomic E-state index is 10.6. The maximum Gasteiger partial charge on any atom is 0.214 e. The second-order valence-corrected chi connectivity index (χ2v) is 5.21. The summed E-state index contributed by atoms with van der Waals surface area (Å²) < 4.78 is 42.1. The predicted octanol–water partition coefficient (Wildman–Crippen LogP) is -0.119. The Labute approximate surface area is 83.6 Å². The van der Waals surface area contributed by atoms with Gasteiger partial charge in [0.2, 0.25) is 20.6 Å². The molecule has 74 valence electrons. The Hall–Kier alpha value is -0.330. The summed E-state index contributed by atoms with van der Waals surface area (Å²) in [5.41, 5.74) is 0. The molecule has 13 heavy (non-hydrogen) atoms. The van der Waals surface area contributed by atoms with Crippen LogP contribution in [0.3, 0.4) is 0 Å². The van der Waals surface area contributed by atoms with Gasteiger partial charge in [0.15, 0.2) is 0 Å². The van der Waals surface area contributed by atoms with Gasteiger partial charge in [-0.25, -0.2) is 0 Å². The summed E-state index contributed by atoms with van der Waals surface area (Å²) >= 11 is 5.69. The van der Waals surface area contributed by atoms with E-state index in [-0.39, 0.29) is 24.1 Å². The molecule has 0 heterocycles. The zero-order valence-electron chi connectivity index (χ0n) is 6.53. The lowest BCUT2D eigenvalue weighted by Gasteiger charge is -2.15. The average molecular weight is 243 g/mol. The van der Waals surface area contributed by atoms with E-state index in [1.807, 2.05) is 0 Å². The lowest BCUT2D eigenvalue weighted by atomic mass is 10.00. The highest BCUT2D eigenvalue weighted by Crippen LogP contribution is 2.17. The SMILES string of the molecule is O=S(=O)=C1CCC(=S(=O)=O)C(Cl)C1. The smallest absolute Gasteiger partial charge is 0.185 e. The maximum absolute atomic E-state index is 10.6. The van der Waals surface area contributed by atoms with Crippen molar-refractivity contribution in [3.05, 3.63) is 0 Å². The van der Waals surface area contributed by atoms with E-state index in [1.54, 1.807) is 0 Å². The molecular weight excluding hydrogens is 236 g/mol. The van der Waals surface area contributed by atoms with Crippen LogP contribution in [0.1, 0.15) is 19.3 Å². The van der Waals surface area contributed by atoms with Crippen LogP contribution in [0.25, 0.3) is 0 Å². The molecule has 0 aromatic carbocycles. The molecular formula is C6H7ClO4S2. The molecule has 0 aliphatic heterocycles. The normalized spacial score (nSPS) is 23.0. The van der Waals surface area contributed by atoms with Crippen molar-refractivity contribution in [2.24, 2.45) is 0 Å². The Kier molecular flexibility index (Phi) is 3.52. The van der Waals surface area contributed by atoms with Gasteiger partial charge in [-0.1, -0.05) is 0 Å². The van der Waals surface area contributed by atoms with Gasteiger partial charge < -0.3 is 0 Å². The predicted molar refractivity (Wildman–Crippen MR) is 51.3 cm³/mol. The van der Waals surface area contributed by atoms with Crippen LogP contribution in [0.4, 0.5) is 0 Å². The van der Waals surface area contributed by atoms with E-state index < -0.39 is 26.0 Å². The van der Waals surface area contributed by atoms with Crippen LogP contribution in [-0.4, -0.2) is 31.9 Å². The van der Waals surface area contributed by atoms with Crippen molar-refractivity contribution in [3.63, 3.8) is 0 Å². The van der Waals surface area contributed by atoms with Crippen LogP contribution in [0, 0.1) is 0 Å². The fourth-order valence-corrected chi connectivity index (χ4v) is 2.91. The second-order valence-electron chi connectivity index (χ2n) is 2.65. The molecule has 1 saturated carbocycles. The van der Waals surface area contributed by atoms with E-state index in [1.165, 1.54) is 0 Å². The van der Waals surface area contributed by atoms with Crippen molar-refractivity contribution in [1.82, 2.24) is 0 Å². The van der Waals surface area contributed by atoms with Gasteiger partial charge in [0.05, 0.1) is 15.1 Å².